The summed E-state index contributed by atoms with van der Waals surface area (Å²) in [5, 5.41) is 14.0. The van der Waals surface area contributed by atoms with E-state index >= 15 is 0 Å². The zero-order valence-electron chi connectivity index (χ0n) is 17.5. The molecule has 162 valence electrons. The van der Waals surface area contributed by atoms with Gasteiger partial charge in [-0.25, -0.2) is 4.98 Å². The Kier molecular flexibility index (Phi) is 5.58. The first-order chi connectivity index (χ1) is 15.5. The highest BCUT2D eigenvalue weighted by Crippen LogP contribution is 2.36. The SMILES string of the molecule is COc1ccc(-c2nnc(SC(C)c3nc4scc(-c5cccs5)c4c(=O)[nH]3)n2C)cc1. The number of rotatable bonds is 6. The van der Waals surface area contributed by atoms with Crippen LogP contribution in [0.2, 0.25) is 0 Å². The van der Waals surface area contributed by atoms with Gasteiger partial charge >= 0.3 is 0 Å². The van der Waals surface area contributed by atoms with Crippen LogP contribution >= 0.6 is 34.4 Å². The molecule has 0 saturated carbocycles. The Balaban J connectivity index is 1.42. The van der Waals surface area contributed by atoms with Crippen LogP contribution in [-0.4, -0.2) is 31.8 Å². The Morgan fingerprint density at radius 1 is 1.16 bits per heavy atom. The van der Waals surface area contributed by atoms with E-state index in [1.165, 1.54) is 23.1 Å². The van der Waals surface area contributed by atoms with Gasteiger partial charge in [-0.1, -0.05) is 17.8 Å². The number of benzene rings is 1. The molecule has 1 unspecified atom stereocenters. The lowest BCUT2D eigenvalue weighted by Gasteiger charge is -2.10. The summed E-state index contributed by atoms with van der Waals surface area (Å²) in [5.74, 6) is 2.18. The topological polar surface area (TPSA) is 85.7 Å². The van der Waals surface area contributed by atoms with E-state index in [4.69, 9.17) is 9.72 Å². The second-order valence-electron chi connectivity index (χ2n) is 7.11. The van der Waals surface area contributed by atoms with Crippen molar-refractivity contribution in [3.8, 4) is 27.6 Å². The van der Waals surface area contributed by atoms with E-state index in [1.807, 2.05) is 65.7 Å². The Morgan fingerprint density at radius 3 is 2.69 bits per heavy atom. The number of hydrogen-bond donors (Lipinski definition) is 1. The lowest BCUT2D eigenvalue weighted by Crippen LogP contribution is -2.12. The fraction of sp³-hybridized carbons (Fsp3) is 0.182. The molecule has 1 atom stereocenters. The van der Waals surface area contributed by atoms with E-state index in [-0.39, 0.29) is 10.8 Å². The van der Waals surface area contributed by atoms with E-state index < -0.39 is 0 Å². The van der Waals surface area contributed by atoms with Crippen LogP contribution in [-0.2, 0) is 7.05 Å². The van der Waals surface area contributed by atoms with E-state index in [2.05, 4.69) is 15.2 Å². The molecule has 0 fully saturated rings. The largest absolute Gasteiger partial charge is 0.497 e. The molecule has 0 spiro atoms. The molecule has 4 heterocycles. The second kappa shape index (κ2) is 8.53. The quantitative estimate of drug-likeness (QED) is 0.328. The number of thiophene rings is 2. The van der Waals surface area contributed by atoms with Crippen molar-refractivity contribution in [3.63, 3.8) is 0 Å². The van der Waals surface area contributed by atoms with Gasteiger partial charge in [0.25, 0.3) is 5.56 Å². The minimum atomic E-state index is -0.112. The predicted molar refractivity (Wildman–Crippen MR) is 131 cm³/mol. The summed E-state index contributed by atoms with van der Waals surface area (Å²) in [6.07, 6.45) is 0. The van der Waals surface area contributed by atoms with Gasteiger partial charge in [0.2, 0.25) is 0 Å². The fourth-order valence-corrected chi connectivity index (χ4v) is 6.04. The van der Waals surface area contributed by atoms with Gasteiger partial charge in [0, 0.05) is 28.4 Å². The van der Waals surface area contributed by atoms with Crippen LogP contribution in [0.1, 0.15) is 18.0 Å². The second-order valence-corrected chi connectivity index (χ2v) is 10.2. The molecule has 5 aromatic rings. The number of fused-ring (bicyclic) bond motifs is 1. The van der Waals surface area contributed by atoms with Crippen LogP contribution in [0.4, 0.5) is 0 Å². The van der Waals surface area contributed by atoms with Crippen LogP contribution in [0.3, 0.4) is 0 Å². The summed E-state index contributed by atoms with van der Waals surface area (Å²) in [4.78, 5) is 22.5. The summed E-state index contributed by atoms with van der Waals surface area (Å²) in [6.45, 7) is 2.00. The summed E-state index contributed by atoms with van der Waals surface area (Å²) < 4.78 is 7.17. The highest BCUT2D eigenvalue weighted by molar-refractivity contribution is 7.99. The maximum atomic E-state index is 12.9. The van der Waals surface area contributed by atoms with Gasteiger partial charge in [-0.05, 0) is 42.6 Å². The molecule has 4 aromatic heterocycles. The van der Waals surface area contributed by atoms with Gasteiger partial charge < -0.3 is 14.3 Å². The van der Waals surface area contributed by atoms with Crippen LogP contribution < -0.4 is 10.3 Å². The Bertz CT molecular complexity index is 1440. The number of thioether (sulfide) groups is 1. The summed E-state index contributed by atoms with van der Waals surface area (Å²) in [6, 6.07) is 11.7. The lowest BCUT2D eigenvalue weighted by atomic mass is 10.2. The number of ether oxygens (including phenoxy) is 1. The predicted octanol–water partition coefficient (Wildman–Crippen LogP) is 5.37. The minimum absolute atomic E-state index is 0.106. The fourth-order valence-electron chi connectivity index (χ4n) is 3.39. The van der Waals surface area contributed by atoms with Crippen LogP contribution in [0, 0.1) is 0 Å². The molecule has 10 heteroatoms. The Labute approximate surface area is 196 Å². The molecule has 0 amide bonds. The molecule has 0 aliphatic heterocycles. The lowest BCUT2D eigenvalue weighted by molar-refractivity contribution is 0.415. The molecule has 0 aliphatic rings. The van der Waals surface area contributed by atoms with Crippen LogP contribution in [0.5, 0.6) is 5.75 Å². The van der Waals surface area contributed by atoms with Crippen molar-refractivity contribution >= 4 is 44.7 Å². The molecular weight excluding hydrogens is 462 g/mol. The minimum Gasteiger partial charge on any atom is -0.497 e. The van der Waals surface area contributed by atoms with Crippen LogP contribution in [0.15, 0.2) is 57.1 Å². The maximum absolute atomic E-state index is 12.9. The highest BCUT2D eigenvalue weighted by Gasteiger charge is 2.20. The normalized spacial score (nSPS) is 12.3. The van der Waals surface area contributed by atoms with Crippen molar-refractivity contribution in [2.45, 2.75) is 17.3 Å². The van der Waals surface area contributed by atoms with E-state index in [0.29, 0.717) is 11.2 Å². The average molecular weight is 482 g/mol. The van der Waals surface area contributed by atoms with Crippen molar-refractivity contribution in [1.29, 1.82) is 0 Å². The van der Waals surface area contributed by atoms with E-state index in [9.17, 15) is 4.79 Å². The smallest absolute Gasteiger partial charge is 0.260 e. The van der Waals surface area contributed by atoms with Crippen molar-refractivity contribution < 1.29 is 4.74 Å². The molecule has 7 nitrogen and oxygen atoms in total. The van der Waals surface area contributed by atoms with E-state index in [1.54, 1.807) is 18.4 Å². The third-order valence-electron chi connectivity index (χ3n) is 5.10. The van der Waals surface area contributed by atoms with Crippen molar-refractivity contribution in [1.82, 2.24) is 24.7 Å². The monoisotopic (exact) mass is 481 g/mol. The maximum Gasteiger partial charge on any atom is 0.260 e. The summed E-state index contributed by atoms with van der Waals surface area (Å²) >= 11 is 4.62. The molecule has 0 saturated heterocycles. The number of H-pyrrole nitrogens is 1. The number of methoxy groups -OCH3 is 1. The van der Waals surface area contributed by atoms with Gasteiger partial charge in [-0.3, -0.25) is 4.79 Å². The Morgan fingerprint density at radius 2 is 1.97 bits per heavy atom. The van der Waals surface area contributed by atoms with Gasteiger partial charge in [0.05, 0.1) is 17.7 Å². The van der Waals surface area contributed by atoms with Crippen LogP contribution in [0.25, 0.3) is 32.0 Å². The zero-order valence-corrected chi connectivity index (χ0v) is 20.0. The third-order valence-corrected chi connectivity index (χ3v) is 8.02. The van der Waals surface area contributed by atoms with Crippen molar-refractivity contribution in [2.24, 2.45) is 7.05 Å². The van der Waals surface area contributed by atoms with E-state index in [0.717, 1.165) is 37.6 Å². The summed E-state index contributed by atoms with van der Waals surface area (Å²) in [5.41, 5.74) is 1.78. The first-order valence-corrected chi connectivity index (χ1v) is 12.4. The van der Waals surface area contributed by atoms with Gasteiger partial charge in [-0.15, -0.1) is 32.9 Å². The third kappa shape index (κ3) is 3.74. The van der Waals surface area contributed by atoms with Gasteiger partial charge in [-0.2, -0.15) is 0 Å². The number of aromatic amines is 1. The molecule has 1 aromatic carbocycles. The number of nitrogens with zero attached hydrogens (tertiary/aromatic N) is 4. The van der Waals surface area contributed by atoms with Crippen molar-refractivity contribution in [3.05, 3.63) is 63.3 Å². The van der Waals surface area contributed by atoms with Crippen molar-refractivity contribution in [2.75, 3.05) is 7.11 Å². The number of hydrogen-bond acceptors (Lipinski definition) is 8. The molecular formula is C22H19N5O2S3. The molecule has 5 rings (SSSR count). The van der Waals surface area contributed by atoms with Gasteiger partial charge in [0.15, 0.2) is 11.0 Å². The first kappa shape index (κ1) is 20.9. The van der Waals surface area contributed by atoms with Gasteiger partial charge in [0.1, 0.15) is 16.4 Å². The number of aromatic nitrogens is 5. The number of nitrogens with one attached hydrogen (secondary N) is 1. The first-order valence-electron chi connectivity index (χ1n) is 9.81. The Hall–Kier alpha value is -2.95. The summed E-state index contributed by atoms with van der Waals surface area (Å²) in [7, 11) is 3.57. The molecule has 32 heavy (non-hydrogen) atoms. The standard InChI is InChI=1S/C22H19N5O2S3/c1-12(32-22-26-25-19(27(22)2)13-6-8-14(29-3)9-7-13)18-23-20(28)17-15(11-31-21(17)24-18)16-5-4-10-30-16/h4-12H,1-3H3,(H,23,24,28). The average Bonchev–Trinajstić information content (AvgIpc) is 3.54. The molecule has 0 radical (unpaired) electrons. The molecule has 0 bridgehead atoms. The zero-order chi connectivity index (χ0) is 22.2. The highest BCUT2D eigenvalue weighted by atomic mass is 32.2. The molecule has 0 aliphatic carbocycles. The molecule has 1 N–H and O–H groups in total.